The standard InChI is InChI=1S/C13H21NO2/c1-4-5-6-7-8-10-13(15)16-12-9-11-14(2)3/h4-8,10H,9,11-12H2,1-3H3. The van der Waals surface area contributed by atoms with Crippen molar-refractivity contribution in [1.29, 1.82) is 0 Å². The Morgan fingerprint density at radius 2 is 1.88 bits per heavy atom. The largest absolute Gasteiger partial charge is 0.462 e. The quantitative estimate of drug-likeness (QED) is 0.287. The smallest absolute Gasteiger partial charge is 0.330 e. The molecule has 0 aliphatic rings. The van der Waals surface area contributed by atoms with E-state index in [4.69, 9.17) is 4.74 Å². The van der Waals surface area contributed by atoms with Crippen LogP contribution in [0.1, 0.15) is 13.3 Å². The Labute approximate surface area is 98.1 Å². The second-order valence-corrected chi connectivity index (χ2v) is 3.59. The molecule has 0 N–H and O–H groups in total. The lowest BCUT2D eigenvalue weighted by molar-refractivity contribution is -0.137. The van der Waals surface area contributed by atoms with E-state index < -0.39 is 0 Å². The van der Waals surface area contributed by atoms with Gasteiger partial charge in [0, 0.05) is 12.6 Å². The number of allylic oxidation sites excluding steroid dienone is 5. The lowest BCUT2D eigenvalue weighted by atomic mass is 10.4. The van der Waals surface area contributed by atoms with Crippen molar-refractivity contribution < 1.29 is 9.53 Å². The Morgan fingerprint density at radius 3 is 2.50 bits per heavy atom. The van der Waals surface area contributed by atoms with E-state index in [0.717, 1.165) is 13.0 Å². The predicted octanol–water partition coefficient (Wildman–Crippen LogP) is 2.17. The second kappa shape index (κ2) is 10.2. The molecule has 0 aliphatic carbocycles. The number of hydrogen-bond donors (Lipinski definition) is 0. The van der Waals surface area contributed by atoms with Crippen LogP contribution in [0, 0.1) is 0 Å². The van der Waals surface area contributed by atoms with Crippen LogP contribution < -0.4 is 0 Å². The first-order chi connectivity index (χ1) is 7.66. The zero-order valence-corrected chi connectivity index (χ0v) is 10.3. The van der Waals surface area contributed by atoms with Crippen LogP contribution in [-0.2, 0) is 9.53 Å². The van der Waals surface area contributed by atoms with Crippen molar-refractivity contribution in [3.05, 3.63) is 36.5 Å². The molecule has 0 aliphatic heterocycles. The molecule has 0 saturated carbocycles. The van der Waals surface area contributed by atoms with E-state index >= 15 is 0 Å². The number of rotatable bonds is 7. The van der Waals surface area contributed by atoms with E-state index in [-0.39, 0.29) is 5.97 Å². The molecule has 0 bridgehead atoms. The minimum Gasteiger partial charge on any atom is -0.462 e. The number of hydrogen-bond acceptors (Lipinski definition) is 3. The van der Waals surface area contributed by atoms with Crippen LogP contribution in [0.2, 0.25) is 0 Å². The van der Waals surface area contributed by atoms with E-state index in [1.807, 2.05) is 39.2 Å². The maximum absolute atomic E-state index is 11.1. The molecule has 0 fully saturated rings. The lowest BCUT2D eigenvalue weighted by Gasteiger charge is -2.08. The molecule has 0 saturated heterocycles. The highest BCUT2D eigenvalue weighted by atomic mass is 16.5. The Bertz CT molecular complexity index is 265. The Hall–Kier alpha value is -1.35. The monoisotopic (exact) mass is 223 g/mol. The van der Waals surface area contributed by atoms with Gasteiger partial charge in [0.1, 0.15) is 0 Å². The summed E-state index contributed by atoms with van der Waals surface area (Å²) in [7, 11) is 3.99. The molecular formula is C13H21NO2. The molecule has 3 heteroatoms. The Balaban J connectivity index is 3.58. The molecule has 0 heterocycles. The third kappa shape index (κ3) is 10.7. The summed E-state index contributed by atoms with van der Waals surface area (Å²) in [6.07, 6.45) is 11.4. The predicted molar refractivity (Wildman–Crippen MR) is 67.2 cm³/mol. The van der Waals surface area contributed by atoms with E-state index in [9.17, 15) is 4.79 Å². The summed E-state index contributed by atoms with van der Waals surface area (Å²) >= 11 is 0. The highest BCUT2D eigenvalue weighted by Crippen LogP contribution is 1.89. The molecule has 0 radical (unpaired) electrons. The topological polar surface area (TPSA) is 29.5 Å². The fourth-order valence-electron chi connectivity index (χ4n) is 0.975. The van der Waals surface area contributed by atoms with Gasteiger partial charge in [0.25, 0.3) is 0 Å². The highest BCUT2D eigenvalue weighted by Gasteiger charge is 1.96. The summed E-state index contributed by atoms with van der Waals surface area (Å²) in [5.74, 6) is -0.288. The second-order valence-electron chi connectivity index (χ2n) is 3.59. The SMILES string of the molecule is CC=CC=CC=CC(=O)OCCCN(C)C. The lowest BCUT2D eigenvalue weighted by Crippen LogP contribution is -2.15. The Kier molecular flexibility index (Phi) is 9.32. The van der Waals surface area contributed by atoms with Crippen LogP contribution in [0.15, 0.2) is 36.5 Å². The highest BCUT2D eigenvalue weighted by molar-refractivity contribution is 5.82. The van der Waals surface area contributed by atoms with Gasteiger partial charge in [0.05, 0.1) is 6.61 Å². The van der Waals surface area contributed by atoms with Gasteiger partial charge in [0.2, 0.25) is 0 Å². The van der Waals surface area contributed by atoms with Gasteiger partial charge in [-0.15, -0.1) is 0 Å². The number of esters is 1. The van der Waals surface area contributed by atoms with Crippen molar-refractivity contribution in [2.75, 3.05) is 27.2 Å². The molecule has 90 valence electrons. The fourth-order valence-corrected chi connectivity index (χ4v) is 0.975. The van der Waals surface area contributed by atoms with Gasteiger partial charge in [0.15, 0.2) is 0 Å². The molecule has 0 rings (SSSR count). The zero-order chi connectivity index (χ0) is 12.2. The maximum atomic E-state index is 11.1. The van der Waals surface area contributed by atoms with Crippen LogP contribution in [-0.4, -0.2) is 38.1 Å². The Morgan fingerprint density at radius 1 is 1.19 bits per heavy atom. The molecule has 0 amide bonds. The van der Waals surface area contributed by atoms with Crippen molar-refractivity contribution in [3.63, 3.8) is 0 Å². The first kappa shape index (κ1) is 14.6. The van der Waals surface area contributed by atoms with Gasteiger partial charge in [-0.3, -0.25) is 0 Å². The normalized spacial score (nSPS) is 12.2. The van der Waals surface area contributed by atoms with Crippen LogP contribution in [0.25, 0.3) is 0 Å². The van der Waals surface area contributed by atoms with E-state index in [1.165, 1.54) is 6.08 Å². The van der Waals surface area contributed by atoms with Crippen LogP contribution in [0.3, 0.4) is 0 Å². The van der Waals surface area contributed by atoms with E-state index in [1.54, 1.807) is 12.2 Å². The summed E-state index contributed by atoms with van der Waals surface area (Å²) in [6.45, 7) is 3.34. The number of carbonyl (C=O) groups is 1. The third-order valence-corrected chi connectivity index (χ3v) is 1.75. The molecule has 0 unspecified atom stereocenters. The minimum atomic E-state index is -0.288. The molecule has 3 nitrogen and oxygen atoms in total. The van der Waals surface area contributed by atoms with E-state index in [0.29, 0.717) is 6.61 Å². The van der Waals surface area contributed by atoms with Crippen LogP contribution in [0.5, 0.6) is 0 Å². The summed E-state index contributed by atoms with van der Waals surface area (Å²) in [4.78, 5) is 13.2. The third-order valence-electron chi connectivity index (χ3n) is 1.75. The summed E-state index contributed by atoms with van der Waals surface area (Å²) in [5, 5.41) is 0. The van der Waals surface area contributed by atoms with Crippen molar-refractivity contribution >= 4 is 5.97 Å². The minimum absolute atomic E-state index is 0.288. The maximum Gasteiger partial charge on any atom is 0.330 e. The first-order valence-electron chi connectivity index (χ1n) is 5.44. The summed E-state index contributed by atoms with van der Waals surface area (Å²) in [6, 6.07) is 0. The first-order valence-corrected chi connectivity index (χ1v) is 5.44. The van der Waals surface area contributed by atoms with E-state index in [2.05, 4.69) is 4.90 Å². The zero-order valence-electron chi connectivity index (χ0n) is 10.3. The average Bonchev–Trinajstić information content (AvgIpc) is 2.24. The van der Waals surface area contributed by atoms with Crippen molar-refractivity contribution in [1.82, 2.24) is 4.90 Å². The van der Waals surface area contributed by atoms with Crippen molar-refractivity contribution in [2.24, 2.45) is 0 Å². The number of carbonyl (C=O) groups excluding carboxylic acids is 1. The number of ether oxygens (including phenoxy) is 1. The molecule has 0 spiro atoms. The molecule has 16 heavy (non-hydrogen) atoms. The average molecular weight is 223 g/mol. The van der Waals surface area contributed by atoms with Gasteiger partial charge in [-0.2, -0.15) is 0 Å². The molecular weight excluding hydrogens is 202 g/mol. The van der Waals surface area contributed by atoms with Gasteiger partial charge < -0.3 is 9.64 Å². The summed E-state index contributed by atoms with van der Waals surface area (Å²) < 4.78 is 4.99. The van der Waals surface area contributed by atoms with Crippen molar-refractivity contribution in [3.8, 4) is 0 Å². The van der Waals surface area contributed by atoms with Gasteiger partial charge in [-0.1, -0.05) is 30.4 Å². The van der Waals surface area contributed by atoms with Gasteiger partial charge in [-0.25, -0.2) is 4.79 Å². The molecule has 0 atom stereocenters. The number of nitrogens with zero attached hydrogens (tertiary/aromatic N) is 1. The van der Waals surface area contributed by atoms with Crippen LogP contribution >= 0.6 is 0 Å². The van der Waals surface area contributed by atoms with Crippen molar-refractivity contribution in [2.45, 2.75) is 13.3 Å². The van der Waals surface area contributed by atoms with Crippen LogP contribution in [0.4, 0.5) is 0 Å². The fraction of sp³-hybridized carbons (Fsp3) is 0.462. The molecule has 0 aromatic rings. The summed E-state index contributed by atoms with van der Waals surface area (Å²) in [5.41, 5.74) is 0. The van der Waals surface area contributed by atoms with Gasteiger partial charge >= 0.3 is 5.97 Å². The molecule has 0 aromatic heterocycles. The van der Waals surface area contributed by atoms with Gasteiger partial charge in [-0.05, 0) is 27.4 Å². The molecule has 0 aromatic carbocycles.